The monoisotopic (exact) mass is 448 g/mol. The van der Waals surface area contributed by atoms with E-state index in [9.17, 15) is 13.2 Å². The summed E-state index contributed by atoms with van der Waals surface area (Å²) < 4.78 is 33.0. The van der Waals surface area contributed by atoms with E-state index >= 15 is 0 Å². The molecule has 4 rings (SSSR count). The van der Waals surface area contributed by atoms with Gasteiger partial charge in [0.2, 0.25) is 21.9 Å². The molecule has 0 spiro atoms. The summed E-state index contributed by atoms with van der Waals surface area (Å²) in [5.41, 5.74) is 2.84. The van der Waals surface area contributed by atoms with Crippen molar-refractivity contribution < 1.29 is 17.9 Å². The second-order valence-corrected chi connectivity index (χ2v) is 10.1. The standard InChI is InChI=1S/C20H28N6O4S/c1-30-10-11-31(28,29)24-6-2-15(3-7-24)12-16-4-9-26-17(13-16)18(14-22-26)25-8-5-19(27)23-20(25)21/h4,9,13-15H,2-3,5-8,10-12H2,1H3,(H2,21,23,27). The van der Waals surface area contributed by atoms with Crippen LogP contribution in [0.25, 0.3) is 5.52 Å². The Kier molecular flexibility index (Phi) is 6.26. The van der Waals surface area contributed by atoms with Gasteiger partial charge in [-0.25, -0.2) is 17.2 Å². The van der Waals surface area contributed by atoms with Crippen LogP contribution in [0.1, 0.15) is 24.8 Å². The number of sulfonamides is 1. The molecule has 0 aromatic carbocycles. The van der Waals surface area contributed by atoms with Gasteiger partial charge in [0.25, 0.3) is 0 Å². The summed E-state index contributed by atoms with van der Waals surface area (Å²) in [5.74, 6) is 0.365. The van der Waals surface area contributed by atoms with Crippen LogP contribution >= 0.6 is 0 Å². The van der Waals surface area contributed by atoms with Gasteiger partial charge in [-0.2, -0.15) is 5.10 Å². The van der Waals surface area contributed by atoms with Gasteiger partial charge >= 0.3 is 0 Å². The molecule has 0 bridgehead atoms. The summed E-state index contributed by atoms with van der Waals surface area (Å²) in [7, 11) is -1.74. The molecule has 0 aliphatic carbocycles. The molecule has 0 atom stereocenters. The van der Waals surface area contributed by atoms with Gasteiger partial charge < -0.3 is 9.64 Å². The van der Waals surface area contributed by atoms with Crippen LogP contribution < -0.4 is 10.2 Å². The average Bonchev–Trinajstić information content (AvgIpc) is 3.16. The number of carbonyl (C=O) groups is 1. The van der Waals surface area contributed by atoms with E-state index in [2.05, 4.69) is 16.5 Å². The van der Waals surface area contributed by atoms with Crippen molar-refractivity contribution >= 4 is 33.1 Å². The molecule has 2 aliphatic rings. The molecular formula is C20H28N6O4S. The molecule has 10 nitrogen and oxygen atoms in total. The summed E-state index contributed by atoms with van der Waals surface area (Å²) in [6.07, 6.45) is 6.48. The molecule has 2 fully saturated rings. The number of nitrogens with zero attached hydrogens (tertiary/aromatic N) is 4. The predicted molar refractivity (Wildman–Crippen MR) is 117 cm³/mol. The average molecular weight is 449 g/mol. The first-order valence-corrected chi connectivity index (χ1v) is 12.1. The molecule has 4 heterocycles. The number of anilines is 1. The van der Waals surface area contributed by atoms with E-state index in [0.717, 1.165) is 36.0 Å². The second-order valence-electron chi connectivity index (χ2n) is 8.05. The molecule has 0 radical (unpaired) electrons. The Morgan fingerprint density at radius 3 is 2.77 bits per heavy atom. The number of carbonyl (C=O) groups excluding carboxylic acids is 1. The van der Waals surface area contributed by atoms with Crippen molar-refractivity contribution in [1.29, 1.82) is 5.41 Å². The topological polar surface area (TPSA) is 120 Å². The molecule has 11 heteroatoms. The summed E-state index contributed by atoms with van der Waals surface area (Å²) in [6.45, 7) is 1.75. The van der Waals surface area contributed by atoms with Crippen molar-refractivity contribution in [2.75, 3.05) is 44.0 Å². The molecule has 2 aromatic rings. The number of guanidine groups is 1. The number of rotatable bonds is 7. The van der Waals surface area contributed by atoms with Crippen molar-refractivity contribution in [2.24, 2.45) is 5.92 Å². The van der Waals surface area contributed by atoms with Crippen LogP contribution in [-0.4, -0.2) is 73.3 Å². The molecule has 2 N–H and O–H groups in total. The molecule has 31 heavy (non-hydrogen) atoms. The van der Waals surface area contributed by atoms with E-state index in [-0.39, 0.29) is 24.2 Å². The minimum absolute atomic E-state index is 0.0286. The number of nitrogens with one attached hydrogen (secondary N) is 2. The molecule has 0 saturated carbocycles. The summed E-state index contributed by atoms with van der Waals surface area (Å²) in [4.78, 5) is 13.3. The minimum Gasteiger partial charge on any atom is -0.384 e. The van der Waals surface area contributed by atoms with Crippen molar-refractivity contribution in [3.8, 4) is 0 Å². The first kappa shape index (κ1) is 21.7. The Labute approximate surface area is 181 Å². The van der Waals surface area contributed by atoms with E-state index in [1.165, 1.54) is 7.11 Å². The number of fused-ring (bicyclic) bond motifs is 1. The number of aromatic nitrogens is 2. The lowest BCUT2D eigenvalue weighted by Crippen LogP contribution is -2.50. The maximum Gasteiger partial charge on any atom is 0.228 e. The highest BCUT2D eigenvalue weighted by molar-refractivity contribution is 7.89. The van der Waals surface area contributed by atoms with Crippen LogP contribution in [0, 0.1) is 11.3 Å². The van der Waals surface area contributed by atoms with Crippen LogP contribution in [0.4, 0.5) is 5.69 Å². The molecule has 0 unspecified atom stereocenters. The summed E-state index contributed by atoms with van der Waals surface area (Å²) >= 11 is 0. The van der Waals surface area contributed by atoms with Crippen molar-refractivity contribution in [3.05, 3.63) is 30.1 Å². The second kappa shape index (κ2) is 8.93. The van der Waals surface area contributed by atoms with Crippen LogP contribution in [-0.2, 0) is 26.0 Å². The first-order valence-electron chi connectivity index (χ1n) is 10.5. The smallest absolute Gasteiger partial charge is 0.228 e. The van der Waals surface area contributed by atoms with E-state index in [1.807, 2.05) is 12.3 Å². The largest absolute Gasteiger partial charge is 0.384 e. The number of pyridine rings is 1. The fourth-order valence-electron chi connectivity index (χ4n) is 4.22. The lowest BCUT2D eigenvalue weighted by Gasteiger charge is -2.31. The number of methoxy groups -OCH3 is 1. The van der Waals surface area contributed by atoms with Crippen LogP contribution in [0.5, 0.6) is 0 Å². The Morgan fingerprint density at radius 1 is 1.29 bits per heavy atom. The van der Waals surface area contributed by atoms with Gasteiger partial charge in [-0.1, -0.05) is 0 Å². The van der Waals surface area contributed by atoms with Crippen LogP contribution in [0.2, 0.25) is 0 Å². The number of amides is 1. The van der Waals surface area contributed by atoms with E-state index in [1.54, 1.807) is 19.9 Å². The Balaban J connectivity index is 1.43. The van der Waals surface area contributed by atoms with E-state index in [4.69, 9.17) is 10.1 Å². The molecule has 2 aromatic heterocycles. The van der Waals surface area contributed by atoms with E-state index < -0.39 is 10.0 Å². The number of piperidine rings is 1. The summed E-state index contributed by atoms with van der Waals surface area (Å²) in [6, 6.07) is 4.11. The highest BCUT2D eigenvalue weighted by atomic mass is 32.2. The summed E-state index contributed by atoms with van der Waals surface area (Å²) in [5, 5.41) is 15.0. The molecule has 2 aliphatic heterocycles. The number of hydrogen-bond donors (Lipinski definition) is 2. The lowest BCUT2D eigenvalue weighted by molar-refractivity contribution is -0.119. The third-order valence-electron chi connectivity index (χ3n) is 5.98. The normalized spacial score (nSPS) is 19.2. The molecule has 2 saturated heterocycles. The predicted octanol–water partition coefficient (Wildman–Crippen LogP) is 0.826. The van der Waals surface area contributed by atoms with Gasteiger partial charge in [0, 0.05) is 39.4 Å². The Hall–Kier alpha value is -2.50. The highest BCUT2D eigenvalue weighted by Crippen LogP contribution is 2.27. The molecule has 1 amide bonds. The zero-order valence-electron chi connectivity index (χ0n) is 17.6. The van der Waals surface area contributed by atoms with Gasteiger partial charge in [0.05, 0.1) is 29.8 Å². The fourth-order valence-corrected chi connectivity index (χ4v) is 5.62. The van der Waals surface area contributed by atoms with Crippen LogP contribution in [0.3, 0.4) is 0 Å². The fraction of sp³-hybridized carbons (Fsp3) is 0.550. The van der Waals surface area contributed by atoms with Gasteiger partial charge in [-0.3, -0.25) is 15.5 Å². The van der Waals surface area contributed by atoms with Gasteiger partial charge in [-0.05, 0) is 42.9 Å². The van der Waals surface area contributed by atoms with Crippen molar-refractivity contribution in [3.63, 3.8) is 0 Å². The van der Waals surface area contributed by atoms with E-state index in [0.29, 0.717) is 32.0 Å². The van der Waals surface area contributed by atoms with Crippen molar-refractivity contribution in [2.45, 2.75) is 25.7 Å². The third-order valence-corrected chi connectivity index (χ3v) is 7.82. The maximum absolute atomic E-state index is 12.3. The van der Waals surface area contributed by atoms with Gasteiger partial charge in [0.15, 0.2) is 0 Å². The Bertz CT molecular complexity index is 1070. The van der Waals surface area contributed by atoms with Crippen molar-refractivity contribution in [1.82, 2.24) is 19.2 Å². The first-order chi connectivity index (χ1) is 14.9. The zero-order chi connectivity index (χ0) is 22.0. The minimum atomic E-state index is -3.25. The highest BCUT2D eigenvalue weighted by Gasteiger charge is 2.28. The maximum atomic E-state index is 12.3. The SMILES string of the molecule is COCCS(=O)(=O)N1CCC(Cc2ccn3ncc(N4CCC(=O)NC4=N)c3c2)CC1. The number of hydrogen-bond acceptors (Lipinski definition) is 6. The quantitative estimate of drug-likeness (QED) is 0.647. The van der Waals surface area contributed by atoms with Gasteiger partial charge in [0.1, 0.15) is 0 Å². The van der Waals surface area contributed by atoms with Crippen LogP contribution in [0.15, 0.2) is 24.5 Å². The number of ether oxygens (including phenoxy) is 1. The Morgan fingerprint density at radius 2 is 2.06 bits per heavy atom. The lowest BCUT2D eigenvalue weighted by atomic mass is 9.91. The zero-order valence-corrected chi connectivity index (χ0v) is 18.4. The van der Waals surface area contributed by atoms with Gasteiger partial charge in [-0.15, -0.1) is 0 Å². The molecule has 168 valence electrons. The molecular weight excluding hydrogens is 420 g/mol. The third kappa shape index (κ3) is 4.73.